The average Bonchev–Trinajstić information content (AvgIpc) is 2.19. The van der Waals surface area contributed by atoms with Gasteiger partial charge in [0, 0.05) is 11.8 Å². The molecule has 3 N–H and O–H groups in total. The number of anilines is 2. The number of ether oxygens (including phenoxy) is 1. The summed E-state index contributed by atoms with van der Waals surface area (Å²) in [4.78, 5) is 13.3. The van der Waals surface area contributed by atoms with Crippen LogP contribution in [-0.4, -0.2) is 38.6 Å². The Morgan fingerprint density at radius 1 is 1.50 bits per heavy atom. The minimum atomic E-state index is -0.0724. The molecule has 5 heteroatoms. The third-order valence-electron chi connectivity index (χ3n) is 1.98. The molecule has 16 heavy (non-hydrogen) atoms. The Balaban J connectivity index is 2.71. The minimum absolute atomic E-state index is 0.0724. The van der Waals surface area contributed by atoms with Crippen molar-refractivity contribution in [3.8, 4) is 5.75 Å². The summed E-state index contributed by atoms with van der Waals surface area (Å²) in [5.74, 6) is 0.486. The maximum Gasteiger partial charge on any atom is 0.238 e. The van der Waals surface area contributed by atoms with E-state index in [9.17, 15) is 4.79 Å². The van der Waals surface area contributed by atoms with Gasteiger partial charge in [0.05, 0.1) is 19.3 Å². The van der Waals surface area contributed by atoms with Crippen molar-refractivity contribution in [2.45, 2.75) is 0 Å². The first kappa shape index (κ1) is 12.3. The van der Waals surface area contributed by atoms with Gasteiger partial charge in [0.15, 0.2) is 0 Å². The number of likely N-dealkylation sites (N-methyl/N-ethyl adjacent to an activating group) is 1. The van der Waals surface area contributed by atoms with Gasteiger partial charge in [0.25, 0.3) is 0 Å². The summed E-state index contributed by atoms with van der Waals surface area (Å²) in [7, 11) is 5.21. The monoisotopic (exact) mass is 223 g/mol. The Kier molecular flexibility index (Phi) is 4.13. The number of rotatable bonds is 4. The van der Waals surface area contributed by atoms with Crippen LogP contribution >= 0.6 is 0 Å². The number of nitrogens with zero attached hydrogens (tertiary/aromatic N) is 1. The van der Waals surface area contributed by atoms with Gasteiger partial charge in [-0.1, -0.05) is 0 Å². The molecule has 0 atom stereocenters. The van der Waals surface area contributed by atoms with Gasteiger partial charge in [0.1, 0.15) is 5.75 Å². The Morgan fingerprint density at radius 3 is 2.75 bits per heavy atom. The van der Waals surface area contributed by atoms with Crippen LogP contribution in [0.3, 0.4) is 0 Å². The molecule has 0 aliphatic carbocycles. The van der Waals surface area contributed by atoms with Gasteiger partial charge in [-0.3, -0.25) is 4.79 Å². The van der Waals surface area contributed by atoms with Crippen molar-refractivity contribution in [3.63, 3.8) is 0 Å². The molecule has 1 rings (SSSR count). The van der Waals surface area contributed by atoms with Crippen LogP contribution in [0.1, 0.15) is 0 Å². The Morgan fingerprint density at radius 2 is 2.19 bits per heavy atom. The first-order valence-corrected chi connectivity index (χ1v) is 4.91. The van der Waals surface area contributed by atoms with Crippen LogP contribution in [0.2, 0.25) is 0 Å². The van der Waals surface area contributed by atoms with Gasteiger partial charge in [0.2, 0.25) is 5.91 Å². The predicted octanol–water partition coefficient (Wildman–Crippen LogP) is 0.777. The summed E-state index contributed by atoms with van der Waals surface area (Å²) in [6, 6.07) is 5.14. The lowest BCUT2D eigenvalue weighted by atomic mass is 10.2. The van der Waals surface area contributed by atoms with E-state index in [4.69, 9.17) is 10.5 Å². The van der Waals surface area contributed by atoms with E-state index in [1.165, 1.54) is 7.11 Å². The van der Waals surface area contributed by atoms with E-state index in [0.717, 1.165) is 0 Å². The summed E-state index contributed by atoms with van der Waals surface area (Å²) in [6.45, 7) is 0.340. The molecule has 5 nitrogen and oxygen atoms in total. The lowest BCUT2D eigenvalue weighted by Crippen LogP contribution is -2.27. The third kappa shape index (κ3) is 3.43. The number of carbonyl (C=O) groups excluding carboxylic acids is 1. The number of benzene rings is 1. The normalized spacial score (nSPS) is 10.2. The highest BCUT2D eigenvalue weighted by Gasteiger charge is 2.05. The molecule has 0 heterocycles. The van der Waals surface area contributed by atoms with E-state index in [2.05, 4.69) is 5.32 Å². The molecular formula is C11H17N3O2. The Hall–Kier alpha value is -1.75. The highest BCUT2D eigenvalue weighted by molar-refractivity contribution is 5.92. The van der Waals surface area contributed by atoms with Gasteiger partial charge < -0.3 is 20.7 Å². The van der Waals surface area contributed by atoms with Crippen LogP contribution in [0, 0.1) is 0 Å². The zero-order chi connectivity index (χ0) is 12.1. The average molecular weight is 223 g/mol. The molecule has 0 saturated heterocycles. The molecule has 1 aromatic carbocycles. The zero-order valence-corrected chi connectivity index (χ0v) is 9.78. The molecular weight excluding hydrogens is 206 g/mol. The molecule has 0 unspecified atom stereocenters. The van der Waals surface area contributed by atoms with Crippen LogP contribution in [0.4, 0.5) is 11.4 Å². The van der Waals surface area contributed by atoms with Gasteiger partial charge >= 0.3 is 0 Å². The van der Waals surface area contributed by atoms with Gasteiger partial charge in [-0.25, -0.2) is 0 Å². The standard InChI is InChI=1S/C11H17N3O2/c1-14(2)7-11(15)13-8-4-5-9(12)10(6-8)16-3/h4-6H,7,12H2,1-3H3,(H,13,15). The Bertz CT molecular complexity index is 377. The summed E-state index contributed by atoms with van der Waals surface area (Å²) >= 11 is 0. The zero-order valence-electron chi connectivity index (χ0n) is 9.78. The molecule has 1 amide bonds. The molecule has 0 fully saturated rings. The highest BCUT2D eigenvalue weighted by Crippen LogP contribution is 2.24. The fraction of sp³-hybridized carbons (Fsp3) is 0.364. The van der Waals surface area contributed by atoms with Crippen LogP contribution in [0.25, 0.3) is 0 Å². The largest absolute Gasteiger partial charge is 0.495 e. The van der Waals surface area contributed by atoms with Crippen molar-refractivity contribution in [1.29, 1.82) is 0 Å². The summed E-state index contributed by atoms with van der Waals surface area (Å²) in [5.41, 5.74) is 6.89. The van der Waals surface area contributed by atoms with Crippen LogP contribution in [0.15, 0.2) is 18.2 Å². The summed E-state index contributed by atoms with van der Waals surface area (Å²) in [6.07, 6.45) is 0. The van der Waals surface area contributed by atoms with E-state index >= 15 is 0 Å². The molecule has 1 aromatic rings. The van der Waals surface area contributed by atoms with Crippen molar-refractivity contribution in [2.75, 3.05) is 38.8 Å². The van der Waals surface area contributed by atoms with Crippen molar-refractivity contribution in [1.82, 2.24) is 4.90 Å². The lowest BCUT2D eigenvalue weighted by molar-refractivity contribution is -0.116. The number of methoxy groups -OCH3 is 1. The molecule has 0 aliphatic heterocycles. The van der Waals surface area contributed by atoms with Crippen molar-refractivity contribution in [2.24, 2.45) is 0 Å². The van der Waals surface area contributed by atoms with E-state index in [1.807, 2.05) is 14.1 Å². The summed E-state index contributed by atoms with van der Waals surface area (Å²) < 4.78 is 5.06. The molecule has 0 radical (unpaired) electrons. The minimum Gasteiger partial charge on any atom is -0.495 e. The van der Waals surface area contributed by atoms with Gasteiger partial charge in [-0.15, -0.1) is 0 Å². The van der Waals surface area contributed by atoms with E-state index in [-0.39, 0.29) is 5.91 Å². The van der Waals surface area contributed by atoms with Crippen LogP contribution < -0.4 is 15.8 Å². The van der Waals surface area contributed by atoms with Crippen molar-refractivity contribution in [3.05, 3.63) is 18.2 Å². The van der Waals surface area contributed by atoms with E-state index < -0.39 is 0 Å². The number of amides is 1. The fourth-order valence-corrected chi connectivity index (χ4v) is 1.28. The van der Waals surface area contributed by atoms with Crippen LogP contribution in [0.5, 0.6) is 5.75 Å². The van der Waals surface area contributed by atoms with Gasteiger partial charge in [-0.2, -0.15) is 0 Å². The number of carbonyl (C=O) groups is 1. The van der Waals surface area contributed by atoms with Crippen molar-refractivity contribution < 1.29 is 9.53 Å². The second kappa shape index (κ2) is 5.37. The molecule has 0 spiro atoms. The number of hydrogen-bond donors (Lipinski definition) is 2. The SMILES string of the molecule is COc1cc(NC(=O)CN(C)C)ccc1N. The number of nitrogen functional groups attached to an aromatic ring is 1. The second-order valence-electron chi connectivity index (χ2n) is 3.74. The lowest BCUT2D eigenvalue weighted by Gasteiger charge is -2.11. The second-order valence-corrected chi connectivity index (χ2v) is 3.74. The predicted molar refractivity (Wildman–Crippen MR) is 64.6 cm³/mol. The van der Waals surface area contributed by atoms with Gasteiger partial charge in [-0.05, 0) is 26.2 Å². The smallest absolute Gasteiger partial charge is 0.238 e. The molecule has 0 bridgehead atoms. The quantitative estimate of drug-likeness (QED) is 0.740. The molecule has 88 valence electrons. The first-order valence-electron chi connectivity index (χ1n) is 4.91. The van der Waals surface area contributed by atoms with E-state index in [0.29, 0.717) is 23.7 Å². The third-order valence-corrected chi connectivity index (χ3v) is 1.98. The first-order chi connectivity index (χ1) is 7.52. The maximum absolute atomic E-state index is 11.5. The van der Waals surface area contributed by atoms with Crippen molar-refractivity contribution >= 4 is 17.3 Å². The topological polar surface area (TPSA) is 67.6 Å². The summed E-state index contributed by atoms with van der Waals surface area (Å²) in [5, 5.41) is 2.76. The maximum atomic E-state index is 11.5. The molecule has 0 aromatic heterocycles. The van der Waals surface area contributed by atoms with E-state index in [1.54, 1.807) is 23.1 Å². The number of hydrogen-bond acceptors (Lipinski definition) is 4. The molecule has 0 saturated carbocycles. The Labute approximate surface area is 95.2 Å². The molecule has 0 aliphatic rings. The number of nitrogens with one attached hydrogen (secondary N) is 1. The fourth-order valence-electron chi connectivity index (χ4n) is 1.28. The van der Waals surface area contributed by atoms with Crippen LogP contribution in [-0.2, 0) is 4.79 Å². The number of nitrogens with two attached hydrogens (primary N) is 1. The highest BCUT2D eigenvalue weighted by atomic mass is 16.5.